The summed E-state index contributed by atoms with van der Waals surface area (Å²) < 4.78 is 0. The Morgan fingerprint density at radius 1 is 0.889 bits per heavy atom. The van der Waals surface area contributed by atoms with Crippen molar-refractivity contribution in [2.45, 2.75) is 90.8 Å². The molecular formula is C37H56N4O4. The number of phenols is 1. The zero-order chi connectivity index (χ0) is 32.3. The number of nitrogens with zero attached hydrogens (tertiary/aromatic N) is 4. The van der Waals surface area contributed by atoms with Gasteiger partial charge in [0.15, 0.2) is 0 Å². The first-order chi connectivity index (χ1) is 21.7. The maximum Gasteiger partial charge on any atom is 0.303 e. The summed E-state index contributed by atoms with van der Waals surface area (Å²) in [7, 11) is 0. The Hall–Kier alpha value is -2.94. The van der Waals surface area contributed by atoms with Crippen LogP contribution in [-0.4, -0.2) is 106 Å². The van der Waals surface area contributed by atoms with Crippen LogP contribution in [0.2, 0.25) is 0 Å². The number of carboxylic acids is 1. The summed E-state index contributed by atoms with van der Waals surface area (Å²) in [4.78, 5) is 34.2. The van der Waals surface area contributed by atoms with Crippen molar-refractivity contribution in [1.82, 2.24) is 19.6 Å². The Morgan fingerprint density at radius 3 is 2.36 bits per heavy atom. The molecule has 0 bridgehead atoms. The van der Waals surface area contributed by atoms with Gasteiger partial charge in [-0.3, -0.25) is 19.4 Å². The molecule has 0 saturated carbocycles. The number of carbonyl (C=O) groups excluding carboxylic acids is 1. The van der Waals surface area contributed by atoms with Gasteiger partial charge in [-0.15, -0.1) is 0 Å². The van der Waals surface area contributed by atoms with Gasteiger partial charge in [0.25, 0.3) is 5.91 Å². The van der Waals surface area contributed by atoms with E-state index in [2.05, 4.69) is 60.6 Å². The van der Waals surface area contributed by atoms with E-state index in [9.17, 15) is 14.7 Å². The zero-order valence-electron chi connectivity index (χ0n) is 28.0. The van der Waals surface area contributed by atoms with E-state index in [1.165, 1.54) is 6.42 Å². The molecule has 2 aliphatic heterocycles. The largest absolute Gasteiger partial charge is 0.508 e. The third-order valence-corrected chi connectivity index (χ3v) is 9.86. The van der Waals surface area contributed by atoms with Crippen LogP contribution in [0, 0.1) is 5.92 Å². The Morgan fingerprint density at radius 2 is 1.62 bits per heavy atom. The molecule has 8 nitrogen and oxygen atoms in total. The first kappa shape index (κ1) is 34.9. The fourth-order valence-electron chi connectivity index (χ4n) is 7.03. The number of piperazine rings is 1. The molecule has 4 atom stereocenters. The minimum Gasteiger partial charge on any atom is -0.508 e. The zero-order valence-corrected chi connectivity index (χ0v) is 28.0. The monoisotopic (exact) mass is 620 g/mol. The summed E-state index contributed by atoms with van der Waals surface area (Å²) >= 11 is 0. The molecular weight excluding hydrogens is 564 g/mol. The highest BCUT2D eigenvalue weighted by atomic mass is 16.4. The van der Waals surface area contributed by atoms with Gasteiger partial charge in [0.2, 0.25) is 0 Å². The van der Waals surface area contributed by atoms with Crippen molar-refractivity contribution >= 4 is 11.9 Å². The van der Waals surface area contributed by atoms with E-state index in [4.69, 9.17) is 5.11 Å². The molecule has 2 aromatic rings. The SMILES string of the molecule is CCC(C)CN1C[C@H](C)N(C(c2cccc(O)c2)c2cccc(C(=O)N3CCCN(CCCCCCC(=O)O)CC3)c2)C[C@H]1C. The second-order valence-corrected chi connectivity index (χ2v) is 13.5. The van der Waals surface area contributed by atoms with Crippen molar-refractivity contribution in [2.24, 2.45) is 5.92 Å². The van der Waals surface area contributed by atoms with E-state index >= 15 is 0 Å². The molecule has 0 radical (unpaired) electrons. The van der Waals surface area contributed by atoms with Crippen molar-refractivity contribution in [1.29, 1.82) is 0 Å². The number of aromatic hydroxyl groups is 1. The van der Waals surface area contributed by atoms with E-state index in [0.29, 0.717) is 24.5 Å². The lowest BCUT2D eigenvalue weighted by Gasteiger charge is -2.48. The predicted octanol–water partition coefficient (Wildman–Crippen LogP) is 6.11. The summed E-state index contributed by atoms with van der Waals surface area (Å²) in [5.41, 5.74) is 2.85. The van der Waals surface area contributed by atoms with Gasteiger partial charge in [0.05, 0.1) is 6.04 Å². The molecule has 2 fully saturated rings. The van der Waals surface area contributed by atoms with Crippen LogP contribution in [0.15, 0.2) is 48.5 Å². The normalized spacial score (nSPS) is 21.7. The van der Waals surface area contributed by atoms with E-state index < -0.39 is 5.97 Å². The Balaban J connectivity index is 1.46. The van der Waals surface area contributed by atoms with Crippen LogP contribution in [0.4, 0.5) is 0 Å². The van der Waals surface area contributed by atoms with Crippen LogP contribution in [0.1, 0.15) is 100 Å². The van der Waals surface area contributed by atoms with Gasteiger partial charge in [-0.2, -0.15) is 0 Å². The average molecular weight is 621 g/mol. The summed E-state index contributed by atoms with van der Waals surface area (Å²) in [6, 6.07) is 16.4. The van der Waals surface area contributed by atoms with Crippen molar-refractivity contribution < 1.29 is 19.8 Å². The number of amides is 1. The van der Waals surface area contributed by atoms with E-state index in [1.54, 1.807) is 6.07 Å². The lowest BCUT2D eigenvalue weighted by Crippen LogP contribution is -2.57. The third kappa shape index (κ3) is 10.0. The van der Waals surface area contributed by atoms with Crippen LogP contribution >= 0.6 is 0 Å². The Bertz CT molecular complexity index is 1240. The molecule has 2 N–H and O–H groups in total. The number of unbranched alkanes of at least 4 members (excludes halogenated alkanes) is 3. The molecule has 1 amide bonds. The van der Waals surface area contributed by atoms with Gasteiger partial charge < -0.3 is 20.0 Å². The van der Waals surface area contributed by atoms with Crippen LogP contribution in [0.25, 0.3) is 0 Å². The van der Waals surface area contributed by atoms with Gasteiger partial charge in [-0.25, -0.2) is 0 Å². The lowest BCUT2D eigenvalue weighted by molar-refractivity contribution is -0.137. The first-order valence-electron chi connectivity index (χ1n) is 17.3. The summed E-state index contributed by atoms with van der Waals surface area (Å²) in [6.45, 7) is 16.5. The van der Waals surface area contributed by atoms with Gasteiger partial charge in [-0.1, -0.05) is 57.4 Å². The summed E-state index contributed by atoms with van der Waals surface area (Å²) in [5, 5.41) is 19.3. The average Bonchev–Trinajstić information content (AvgIpc) is 3.26. The first-order valence-corrected chi connectivity index (χ1v) is 17.3. The fourth-order valence-corrected chi connectivity index (χ4v) is 7.03. The minimum absolute atomic E-state index is 0.0665. The topological polar surface area (TPSA) is 87.6 Å². The number of hydrogen-bond donors (Lipinski definition) is 2. The molecule has 2 saturated heterocycles. The second-order valence-electron chi connectivity index (χ2n) is 13.5. The number of hydrogen-bond acceptors (Lipinski definition) is 6. The quantitative estimate of drug-likeness (QED) is 0.247. The molecule has 0 spiro atoms. The van der Waals surface area contributed by atoms with Crippen molar-refractivity contribution in [2.75, 3.05) is 52.4 Å². The molecule has 45 heavy (non-hydrogen) atoms. The van der Waals surface area contributed by atoms with Crippen LogP contribution in [0.3, 0.4) is 0 Å². The van der Waals surface area contributed by atoms with E-state index in [1.807, 2.05) is 29.2 Å². The number of phenolic OH excluding ortho intramolecular Hbond substituents is 1. The third-order valence-electron chi connectivity index (χ3n) is 9.86. The number of carboxylic acid groups (broad SMARTS) is 1. The van der Waals surface area contributed by atoms with Crippen molar-refractivity contribution in [3.63, 3.8) is 0 Å². The lowest BCUT2D eigenvalue weighted by atomic mass is 9.92. The standard InChI is InChI=1S/C37H56N4O4/c1-5-28(2)25-40-26-30(4)41(27-29(40)3)36(32-14-11-16-34(42)24-32)31-13-10-15-33(23-31)37(45)39-20-12-19-38(21-22-39)18-9-7-6-8-17-35(43)44/h10-11,13-16,23-24,28-30,36,42H,5-9,12,17-22,25-27H2,1-4H3,(H,43,44)/t28?,29-,30+,36?/m1/s1. The van der Waals surface area contributed by atoms with Gasteiger partial charge >= 0.3 is 5.97 Å². The summed E-state index contributed by atoms with van der Waals surface area (Å²) in [5.74, 6) is 0.293. The highest BCUT2D eigenvalue weighted by molar-refractivity contribution is 5.94. The smallest absolute Gasteiger partial charge is 0.303 e. The summed E-state index contributed by atoms with van der Waals surface area (Å²) in [6.07, 6.45) is 6.19. The van der Waals surface area contributed by atoms with E-state index in [0.717, 1.165) is 94.6 Å². The van der Waals surface area contributed by atoms with Crippen molar-refractivity contribution in [3.8, 4) is 5.75 Å². The van der Waals surface area contributed by atoms with Crippen molar-refractivity contribution in [3.05, 3.63) is 65.2 Å². The number of carbonyl (C=O) groups is 2. The van der Waals surface area contributed by atoms with Crippen LogP contribution in [0.5, 0.6) is 5.75 Å². The van der Waals surface area contributed by atoms with E-state index in [-0.39, 0.29) is 24.1 Å². The highest BCUT2D eigenvalue weighted by Gasteiger charge is 2.35. The van der Waals surface area contributed by atoms with Gasteiger partial charge in [-0.05, 0) is 87.5 Å². The molecule has 0 aliphatic carbocycles. The van der Waals surface area contributed by atoms with Crippen LogP contribution in [-0.2, 0) is 4.79 Å². The number of aliphatic carboxylic acids is 1. The molecule has 8 heteroatoms. The van der Waals surface area contributed by atoms with Gasteiger partial charge in [0.1, 0.15) is 5.75 Å². The molecule has 2 aromatic carbocycles. The molecule has 4 rings (SSSR count). The molecule has 2 aliphatic rings. The van der Waals surface area contributed by atoms with Gasteiger partial charge in [0, 0.05) is 63.3 Å². The second kappa shape index (κ2) is 17.1. The number of rotatable bonds is 14. The number of benzene rings is 2. The minimum atomic E-state index is -0.716. The fraction of sp³-hybridized carbons (Fsp3) is 0.622. The Labute approximate surface area is 271 Å². The molecule has 2 heterocycles. The molecule has 248 valence electrons. The van der Waals surface area contributed by atoms with Crippen LogP contribution < -0.4 is 0 Å². The maximum atomic E-state index is 13.9. The highest BCUT2D eigenvalue weighted by Crippen LogP contribution is 2.35. The molecule has 0 aromatic heterocycles. The predicted molar refractivity (Wildman–Crippen MR) is 181 cm³/mol. The maximum absolute atomic E-state index is 13.9. The molecule has 2 unspecified atom stereocenters. The Kier molecular flexibility index (Phi) is 13.3.